The highest BCUT2D eigenvalue weighted by Gasteiger charge is 2.26. The Morgan fingerprint density at radius 2 is 1.69 bits per heavy atom. The van der Waals surface area contributed by atoms with Crippen LogP contribution in [0.4, 0.5) is 0 Å². The molecule has 4 rings (SSSR count). The van der Waals surface area contributed by atoms with Gasteiger partial charge in [0, 0.05) is 11.5 Å². The van der Waals surface area contributed by atoms with Crippen molar-refractivity contribution in [3.8, 4) is 22.6 Å². The predicted molar refractivity (Wildman–Crippen MR) is 121 cm³/mol. The summed E-state index contributed by atoms with van der Waals surface area (Å²) in [5, 5.41) is 20.6. The molecule has 0 bridgehead atoms. The molecular weight excluding hydrogens is 408 g/mol. The number of fused-ring (bicyclic) bond motifs is 1. The smallest absolute Gasteiger partial charge is 0.306 e. The van der Waals surface area contributed by atoms with Gasteiger partial charge in [-0.25, -0.2) is 0 Å². The van der Waals surface area contributed by atoms with Crippen LogP contribution in [0.25, 0.3) is 22.1 Å². The first-order valence-corrected chi connectivity index (χ1v) is 10.1. The zero-order valence-corrected chi connectivity index (χ0v) is 17.7. The first kappa shape index (κ1) is 21.2. The third-order valence-electron chi connectivity index (χ3n) is 5.56. The average molecular weight is 430 g/mol. The Bertz CT molecular complexity index is 1330. The first-order chi connectivity index (χ1) is 15.4. The van der Waals surface area contributed by atoms with Gasteiger partial charge in [-0.3, -0.25) is 9.59 Å². The highest BCUT2D eigenvalue weighted by molar-refractivity contribution is 5.87. The number of hydrogen-bond acceptors (Lipinski definition) is 6. The molecule has 0 saturated heterocycles. The Kier molecular flexibility index (Phi) is 5.69. The molecule has 0 aliphatic heterocycles. The van der Waals surface area contributed by atoms with Gasteiger partial charge in [0.05, 0.1) is 24.5 Å². The lowest BCUT2D eigenvalue weighted by atomic mass is 9.86. The first-order valence-electron chi connectivity index (χ1n) is 10.1. The van der Waals surface area contributed by atoms with Crippen LogP contribution in [0.3, 0.4) is 0 Å². The number of methoxy groups -OCH3 is 1. The Morgan fingerprint density at radius 1 is 1.00 bits per heavy atom. The summed E-state index contributed by atoms with van der Waals surface area (Å²) in [4.78, 5) is 25.5. The van der Waals surface area contributed by atoms with Crippen molar-refractivity contribution in [2.75, 3.05) is 7.11 Å². The Labute approximate surface area is 184 Å². The van der Waals surface area contributed by atoms with Crippen molar-refractivity contribution < 1.29 is 24.2 Å². The molecule has 0 fully saturated rings. The fourth-order valence-corrected chi connectivity index (χ4v) is 3.82. The van der Waals surface area contributed by atoms with Gasteiger partial charge >= 0.3 is 5.97 Å². The molecule has 0 spiro atoms. The van der Waals surface area contributed by atoms with E-state index >= 15 is 0 Å². The van der Waals surface area contributed by atoms with Crippen LogP contribution >= 0.6 is 0 Å². The third kappa shape index (κ3) is 3.95. The van der Waals surface area contributed by atoms with Crippen LogP contribution in [0.5, 0.6) is 11.5 Å². The number of ether oxygens (including phenoxy) is 1. The largest absolute Gasteiger partial charge is 0.508 e. The lowest BCUT2D eigenvalue weighted by Gasteiger charge is -2.19. The number of aryl methyl sites for hydroxylation is 1. The van der Waals surface area contributed by atoms with Gasteiger partial charge in [-0.15, -0.1) is 0 Å². The number of carbonyl (C=O) groups is 1. The van der Waals surface area contributed by atoms with E-state index in [9.17, 15) is 19.8 Å². The van der Waals surface area contributed by atoms with Gasteiger partial charge in [0.25, 0.3) is 0 Å². The number of phenols is 2. The highest BCUT2D eigenvalue weighted by Crippen LogP contribution is 2.39. The monoisotopic (exact) mass is 430 g/mol. The fourth-order valence-electron chi connectivity index (χ4n) is 3.82. The van der Waals surface area contributed by atoms with E-state index in [2.05, 4.69) is 0 Å². The molecule has 0 unspecified atom stereocenters. The molecule has 1 aromatic heterocycles. The minimum absolute atomic E-state index is 0.0321. The molecule has 0 saturated carbocycles. The number of hydrogen-bond donors (Lipinski definition) is 2. The number of phenolic OH excluding ortho intramolecular Hbond substituents is 2. The maximum Gasteiger partial charge on any atom is 0.306 e. The third-order valence-corrected chi connectivity index (χ3v) is 5.56. The molecule has 6 heteroatoms. The second kappa shape index (κ2) is 8.59. The van der Waals surface area contributed by atoms with Crippen LogP contribution < -0.4 is 5.43 Å². The Hall–Kier alpha value is -4.06. The van der Waals surface area contributed by atoms with E-state index in [-0.39, 0.29) is 34.3 Å². The van der Waals surface area contributed by atoms with Gasteiger partial charge in [0.2, 0.25) is 5.43 Å². The summed E-state index contributed by atoms with van der Waals surface area (Å²) in [6, 6.07) is 16.8. The highest BCUT2D eigenvalue weighted by atomic mass is 16.5. The maximum atomic E-state index is 13.3. The van der Waals surface area contributed by atoms with Gasteiger partial charge in [-0.2, -0.15) is 0 Å². The van der Waals surface area contributed by atoms with Crippen molar-refractivity contribution in [3.05, 3.63) is 93.8 Å². The summed E-state index contributed by atoms with van der Waals surface area (Å²) >= 11 is 0. The fraction of sp³-hybridized carbons (Fsp3) is 0.154. The molecule has 4 aromatic rings. The minimum Gasteiger partial charge on any atom is -0.508 e. The van der Waals surface area contributed by atoms with E-state index in [1.807, 2.05) is 31.2 Å². The Morgan fingerprint density at radius 3 is 2.34 bits per heavy atom. The molecule has 0 aliphatic carbocycles. The lowest BCUT2D eigenvalue weighted by Crippen LogP contribution is -2.12. The van der Waals surface area contributed by atoms with Crippen molar-refractivity contribution in [2.24, 2.45) is 0 Å². The lowest BCUT2D eigenvalue weighted by molar-refractivity contribution is -0.140. The minimum atomic E-state index is -0.575. The summed E-state index contributed by atoms with van der Waals surface area (Å²) in [5.74, 6) is -1.01. The van der Waals surface area contributed by atoms with Crippen molar-refractivity contribution in [1.82, 2.24) is 0 Å². The van der Waals surface area contributed by atoms with Crippen LogP contribution in [0.15, 0.2) is 76.1 Å². The zero-order chi connectivity index (χ0) is 22.8. The second-order valence-corrected chi connectivity index (χ2v) is 7.64. The van der Waals surface area contributed by atoms with E-state index in [1.165, 1.54) is 37.6 Å². The summed E-state index contributed by atoms with van der Waals surface area (Å²) in [6.07, 6.45) is 1.31. The average Bonchev–Trinajstić information content (AvgIpc) is 2.79. The van der Waals surface area contributed by atoms with E-state index in [0.717, 1.165) is 11.1 Å². The second-order valence-electron chi connectivity index (χ2n) is 7.64. The predicted octanol–water partition coefficient (Wildman–Crippen LogP) is 4.87. The van der Waals surface area contributed by atoms with Gasteiger partial charge in [-0.1, -0.05) is 42.0 Å². The van der Waals surface area contributed by atoms with E-state index in [0.29, 0.717) is 16.7 Å². The van der Waals surface area contributed by atoms with Crippen LogP contribution in [0.2, 0.25) is 0 Å². The molecule has 2 N–H and O–H groups in total. The van der Waals surface area contributed by atoms with E-state index < -0.39 is 11.9 Å². The van der Waals surface area contributed by atoms with Crippen molar-refractivity contribution in [3.63, 3.8) is 0 Å². The van der Waals surface area contributed by atoms with E-state index in [4.69, 9.17) is 9.15 Å². The molecule has 0 aliphatic rings. The number of rotatable bonds is 5. The van der Waals surface area contributed by atoms with Gasteiger partial charge in [-0.05, 0) is 42.3 Å². The normalized spacial score (nSPS) is 11.9. The number of carbonyl (C=O) groups excluding carboxylic acids is 1. The molecule has 6 nitrogen and oxygen atoms in total. The van der Waals surface area contributed by atoms with Crippen LogP contribution in [0.1, 0.15) is 29.0 Å². The molecule has 0 radical (unpaired) electrons. The van der Waals surface area contributed by atoms with Gasteiger partial charge < -0.3 is 19.4 Å². The maximum absolute atomic E-state index is 13.3. The zero-order valence-electron chi connectivity index (χ0n) is 17.7. The quantitative estimate of drug-likeness (QED) is 0.438. The van der Waals surface area contributed by atoms with Crippen molar-refractivity contribution in [2.45, 2.75) is 19.3 Å². The summed E-state index contributed by atoms with van der Waals surface area (Å²) in [7, 11) is 1.31. The molecule has 1 heterocycles. The van der Waals surface area contributed by atoms with Crippen molar-refractivity contribution in [1.29, 1.82) is 0 Å². The SMILES string of the molecule is COC(=O)C[C@@H](c1ccc(C)cc1)c1c(O)ccc2c(=O)c(-c3ccc(O)cc3)coc12. The molecule has 162 valence electrons. The molecule has 3 aromatic carbocycles. The Balaban J connectivity index is 1.93. The number of esters is 1. The number of benzene rings is 3. The summed E-state index contributed by atoms with van der Waals surface area (Å²) in [5.41, 5.74) is 3.05. The topological polar surface area (TPSA) is 97.0 Å². The summed E-state index contributed by atoms with van der Waals surface area (Å²) < 4.78 is 10.8. The van der Waals surface area contributed by atoms with Crippen LogP contribution in [-0.2, 0) is 9.53 Å². The van der Waals surface area contributed by atoms with Crippen LogP contribution in [0, 0.1) is 6.92 Å². The standard InChI is InChI=1S/C26H22O6/c1-15-3-5-16(6-4-15)20(13-23(29)31-2)24-22(28)12-11-19-25(30)21(14-32-26(19)24)17-7-9-18(27)10-8-17/h3-12,14,20,27-28H,13H2,1-2H3/t20-/m0/s1. The molecular formula is C26H22O6. The summed E-state index contributed by atoms with van der Waals surface area (Å²) in [6.45, 7) is 1.96. The van der Waals surface area contributed by atoms with Crippen LogP contribution in [-0.4, -0.2) is 23.3 Å². The molecule has 32 heavy (non-hydrogen) atoms. The van der Waals surface area contributed by atoms with Gasteiger partial charge in [0.15, 0.2) is 0 Å². The number of aromatic hydroxyl groups is 2. The van der Waals surface area contributed by atoms with Gasteiger partial charge in [0.1, 0.15) is 23.3 Å². The van der Waals surface area contributed by atoms with Crippen molar-refractivity contribution >= 4 is 16.9 Å². The van der Waals surface area contributed by atoms with E-state index in [1.54, 1.807) is 12.1 Å². The molecule has 1 atom stereocenters. The molecule has 0 amide bonds.